The average Bonchev–Trinajstić information content (AvgIpc) is 3.84. The summed E-state index contributed by atoms with van der Waals surface area (Å²) in [6, 6.07) is 47.4. The SMILES string of the molecule is c1ccc2c(c1)oc1c(N(c3ccc(-c4ccc(C5CCCC5)cc4)cc3)c3cccc4c3oc3ccccc34)cccc12. The van der Waals surface area contributed by atoms with Crippen molar-refractivity contribution in [1.29, 1.82) is 0 Å². The van der Waals surface area contributed by atoms with Crippen LogP contribution in [0.3, 0.4) is 0 Å². The number of para-hydroxylation sites is 4. The summed E-state index contributed by atoms with van der Waals surface area (Å²) in [6.45, 7) is 0. The van der Waals surface area contributed by atoms with Gasteiger partial charge in [-0.05, 0) is 71.8 Å². The molecule has 3 nitrogen and oxygen atoms in total. The number of nitrogens with zero attached hydrogens (tertiary/aromatic N) is 1. The van der Waals surface area contributed by atoms with Crippen molar-refractivity contribution in [2.45, 2.75) is 31.6 Å². The third-order valence-corrected chi connectivity index (χ3v) is 9.44. The van der Waals surface area contributed by atoms with E-state index >= 15 is 0 Å². The van der Waals surface area contributed by atoms with E-state index in [1.165, 1.54) is 42.4 Å². The van der Waals surface area contributed by atoms with Crippen molar-refractivity contribution in [3.05, 3.63) is 139 Å². The molecule has 0 amide bonds. The van der Waals surface area contributed by atoms with Crippen molar-refractivity contribution in [2.75, 3.05) is 4.90 Å². The molecule has 0 bridgehead atoms. The molecule has 212 valence electrons. The van der Waals surface area contributed by atoms with Crippen LogP contribution in [0.2, 0.25) is 0 Å². The number of hydrogen-bond donors (Lipinski definition) is 0. The Labute approximate surface area is 255 Å². The normalized spacial score (nSPS) is 13.9. The van der Waals surface area contributed by atoms with Gasteiger partial charge in [-0.1, -0.05) is 110 Å². The molecule has 1 fully saturated rings. The van der Waals surface area contributed by atoms with Gasteiger partial charge in [-0.3, -0.25) is 0 Å². The Kier molecular flexibility index (Phi) is 5.83. The van der Waals surface area contributed by atoms with Crippen LogP contribution in [-0.4, -0.2) is 0 Å². The molecule has 1 saturated carbocycles. The molecule has 44 heavy (non-hydrogen) atoms. The van der Waals surface area contributed by atoms with Gasteiger partial charge in [0.15, 0.2) is 11.2 Å². The lowest BCUT2D eigenvalue weighted by Gasteiger charge is -2.25. The number of rotatable bonds is 5. The summed E-state index contributed by atoms with van der Waals surface area (Å²) in [7, 11) is 0. The minimum atomic E-state index is 0.724. The Morgan fingerprint density at radius 3 is 1.48 bits per heavy atom. The lowest BCUT2D eigenvalue weighted by Crippen LogP contribution is -2.10. The first-order valence-corrected chi connectivity index (χ1v) is 15.6. The summed E-state index contributed by atoms with van der Waals surface area (Å²) in [5.41, 5.74) is 10.4. The van der Waals surface area contributed by atoms with E-state index < -0.39 is 0 Å². The van der Waals surface area contributed by atoms with Crippen molar-refractivity contribution in [3.8, 4) is 11.1 Å². The smallest absolute Gasteiger partial charge is 0.159 e. The van der Waals surface area contributed by atoms with Gasteiger partial charge in [-0.2, -0.15) is 0 Å². The monoisotopic (exact) mass is 569 g/mol. The summed E-state index contributed by atoms with van der Waals surface area (Å²) in [5, 5.41) is 4.42. The molecule has 0 aliphatic heterocycles. The summed E-state index contributed by atoms with van der Waals surface area (Å²) >= 11 is 0. The van der Waals surface area contributed by atoms with Gasteiger partial charge in [0.1, 0.15) is 11.2 Å². The van der Waals surface area contributed by atoms with Crippen molar-refractivity contribution >= 4 is 60.9 Å². The van der Waals surface area contributed by atoms with Crippen molar-refractivity contribution in [3.63, 3.8) is 0 Å². The predicted octanol–water partition coefficient (Wildman–Crippen LogP) is 12.3. The molecule has 0 saturated heterocycles. The van der Waals surface area contributed by atoms with E-state index in [9.17, 15) is 0 Å². The van der Waals surface area contributed by atoms with Gasteiger partial charge in [-0.25, -0.2) is 0 Å². The average molecular weight is 570 g/mol. The fourth-order valence-electron chi connectivity index (χ4n) is 7.23. The molecule has 0 unspecified atom stereocenters. The van der Waals surface area contributed by atoms with Crippen molar-refractivity contribution in [1.82, 2.24) is 0 Å². The second-order valence-electron chi connectivity index (χ2n) is 12.0. The summed E-state index contributed by atoms with van der Waals surface area (Å²) in [4.78, 5) is 2.28. The van der Waals surface area contributed by atoms with Crippen LogP contribution in [-0.2, 0) is 0 Å². The number of hydrogen-bond acceptors (Lipinski definition) is 3. The van der Waals surface area contributed by atoms with E-state index in [-0.39, 0.29) is 0 Å². The molecule has 1 aliphatic rings. The highest BCUT2D eigenvalue weighted by molar-refractivity contribution is 6.13. The molecule has 6 aromatic carbocycles. The van der Waals surface area contributed by atoms with Crippen molar-refractivity contribution in [2.24, 2.45) is 0 Å². The molecule has 9 rings (SSSR count). The zero-order valence-corrected chi connectivity index (χ0v) is 24.4. The maximum Gasteiger partial charge on any atom is 0.159 e. The molecule has 8 aromatic rings. The van der Waals surface area contributed by atoms with E-state index in [1.807, 2.05) is 24.3 Å². The van der Waals surface area contributed by atoms with Gasteiger partial charge in [-0.15, -0.1) is 0 Å². The molecular weight excluding hydrogens is 538 g/mol. The predicted molar refractivity (Wildman–Crippen MR) is 182 cm³/mol. The summed E-state index contributed by atoms with van der Waals surface area (Å²) in [5.74, 6) is 0.724. The number of anilines is 3. The van der Waals surface area contributed by atoms with E-state index in [1.54, 1.807) is 0 Å². The Morgan fingerprint density at radius 2 is 0.932 bits per heavy atom. The van der Waals surface area contributed by atoms with Crippen LogP contribution in [0, 0.1) is 0 Å². The van der Waals surface area contributed by atoms with Crippen LogP contribution in [0.5, 0.6) is 0 Å². The first-order valence-electron chi connectivity index (χ1n) is 15.6. The quantitative estimate of drug-likeness (QED) is 0.206. The van der Waals surface area contributed by atoms with Gasteiger partial charge in [0.05, 0.1) is 11.4 Å². The molecular formula is C41H31NO2. The number of benzene rings is 6. The summed E-state index contributed by atoms with van der Waals surface area (Å²) < 4.78 is 13.1. The van der Waals surface area contributed by atoms with Gasteiger partial charge >= 0.3 is 0 Å². The minimum absolute atomic E-state index is 0.724. The van der Waals surface area contributed by atoms with Crippen LogP contribution >= 0.6 is 0 Å². The third-order valence-electron chi connectivity index (χ3n) is 9.44. The van der Waals surface area contributed by atoms with E-state index in [0.717, 1.165) is 66.9 Å². The topological polar surface area (TPSA) is 29.5 Å². The van der Waals surface area contributed by atoms with Crippen LogP contribution in [0.4, 0.5) is 17.1 Å². The highest BCUT2D eigenvalue weighted by Crippen LogP contribution is 2.46. The molecule has 0 atom stereocenters. The molecule has 0 N–H and O–H groups in total. The highest BCUT2D eigenvalue weighted by atomic mass is 16.3. The number of fused-ring (bicyclic) bond motifs is 6. The third kappa shape index (κ3) is 4.04. The zero-order chi connectivity index (χ0) is 29.0. The van der Waals surface area contributed by atoms with Crippen LogP contribution in [0.1, 0.15) is 37.2 Å². The molecule has 0 radical (unpaired) electrons. The van der Waals surface area contributed by atoms with Crippen molar-refractivity contribution < 1.29 is 8.83 Å². The lowest BCUT2D eigenvalue weighted by atomic mass is 9.95. The van der Waals surface area contributed by atoms with E-state index in [0.29, 0.717) is 0 Å². The molecule has 3 heteroatoms. The fraction of sp³-hybridized carbons (Fsp3) is 0.122. The fourth-order valence-corrected chi connectivity index (χ4v) is 7.23. The second kappa shape index (κ2) is 10.2. The maximum atomic E-state index is 6.55. The Bertz CT molecular complexity index is 2170. The maximum absolute atomic E-state index is 6.55. The Balaban J connectivity index is 1.21. The number of furan rings is 2. The van der Waals surface area contributed by atoms with Gasteiger partial charge in [0.2, 0.25) is 0 Å². The molecule has 1 aliphatic carbocycles. The first kappa shape index (κ1) is 25.2. The zero-order valence-electron chi connectivity index (χ0n) is 24.4. The molecule has 2 heterocycles. The van der Waals surface area contributed by atoms with Crippen LogP contribution in [0.25, 0.3) is 55.0 Å². The molecule has 2 aromatic heterocycles. The highest BCUT2D eigenvalue weighted by Gasteiger charge is 2.23. The first-order chi connectivity index (χ1) is 21.8. The lowest BCUT2D eigenvalue weighted by molar-refractivity contribution is 0.666. The van der Waals surface area contributed by atoms with Gasteiger partial charge < -0.3 is 13.7 Å². The Hall–Kier alpha value is -5.28. The van der Waals surface area contributed by atoms with E-state index in [4.69, 9.17) is 8.83 Å². The largest absolute Gasteiger partial charge is 0.454 e. The summed E-state index contributed by atoms with van der Waals surface area (Å²) in [6.07, 6.45) is 5.35. The standard InChI is InChI=1S/C41H31NO2/c1-2-10-27(9-1)28-19-21-29(22-20-28)30-23-25-31(26-24-30)42(36-15-7-13-34-32-11-3-5-17-38(32)43-40(34)36)37-16-8-14-35-33-12-4-6-18-39(33)44-41(35)37/h3-8,11-27H,1-2,9-10H2. The van der Waals surface area contributed by atoms with Gasteiger partial charge in [0.25, 0.3) is 0 Å². The Morgan fingerprint density at radius 1 is 0.455 bits per heavy atom. The second-order valence-corrected chi connectivity index (χ2v) is 12.0. The van der Waals surface area contributed by atoms with Crippen LogP contribution in [0.15, 0.2) is 142 Å². The van der Waals surface area contributed by atoms with Crippen LogP contribution < -0.4 is 4.90 Å². The van der Waals surface area contributed by atoms with E-state index in [2.05, 4.69) is 114 Å². The molecule has 0 spiro atoms. The van der Waals surface area contributed by atoms with Gasteiger partial charge in [0, 0.05) is 27.2 Å². The minimum Gasteiger partial charge on any atom is -0.454 e.